The Morgan fingerprint density at radius 1 is 1.32 bits per heavy atom. The SMILES string of the molecule is Cc1c(Cn2cncc2CNCC(C)C)cnn1C. The van der Waals surface area contributed by atoms with Crippen molar-refractivity contribution in [3.05, 3.63) is 35.7 Å². The van der Waals surface area contributed by atoms with Gasteiger partial charge in [-0.05, 0) is 19.4 Å². The molecule has 2 aromatic heterocycles. The molecule has 0 saturated carbocycles. The van der Waals surface area contributed by atoms with Crippen molar-refractivity contribution in [2.75, 3.05) is 6.54 Å². The molecule has 0 bridgehead atoms. The normalized spacial score (nSPS) is 11.4. The van der Waals surface area contributed by atoms with Crippen molar-refractivity contribution in [1.82, 2.24) is 24.6 Å². The first-order valence-electron chi connectivity index (χ1n) is 6.75. The standard InChI is InChI=1S/C14H23N5/c1-11(2)5-15-7-14-8-16-10-19(14)9-13-6-17-18(4)12(13)3/h6,8,10-11,15H,5,7,9H2,1-4H3. The van der Waals surface area contributed by atoms with E-state index < -0.39 is 0 Å². The minimum absolute atomic E-state index is 0.664. The first-order valence-corrected chi connectivity index (χ1v) is 6.75. The second kappa shape index (κ2) is 6.02. The van der Waals surface area contributed by atoms with Gasteiger partial charge >= 0.3 is 0 Å². The highest BCUT2D eigenvalue weighted by atomic mass is 15.3. The highest BCUT2D eigenvalue weighted by Gasteiger charge is 2.07. The summed E-state index contributed by atoms with van der Waals surface area (Å²) in [6.45, 7) is 9.23. The summed E-state index contributed by atoms with van der Waals surface area (Å²) in [5.41, 5.74) is 3.66. The topological polar surface area (TPSA) is 47.7 Å². The number of rotatable bonds is 6. The van der Waals surface area contributed by atoms with Crippen LogP contribution in [0.5, 0.6) is 0 Å². The van der Waals surface area contributed by atoms with Crippen LogP contribution in [0.15, 0.2) is 18.7 Å². The summed E-state index contributed by atoms with van der Waals surface area (Å²) >= 11 is 0. The van der Waals surface area contributed by atoms with E-state index in [1.165, 1.54) is 17.0 Å². The summed E-state index contributed by atoms with van der Waals surface area (Å²) in [7, 11) is 1.97. The Kier molecular flexibility index (Phi) is 4.37. The third kappa shape index (κ3) is 3.44. The Hall–Kier alpha value is -1.62. The summed E-state index contributed by atoms with van der Waals surface area (Å²) in [4.78, 5) is 4.25. The highest BCUT2D eigenvalue weighted by Crippen LogP contribution is 2.10. The maximum atomic E-state index is 4.28. The molecule has 0 amide bonds. The third-order valence-corrected chi connectivity index (χ3v) is 3.33. The Balaban J connectivity index is 2.01. The van der Waals surface area contributed by atoms with Crippen LogP contribution in [-0.2, 0) is 20.1 Å². The van der Waals surface area contributed by atoms with Crippen LogP contribution in [0.3, 0.4) is 0 Å². The first kappa shape index (κ1) is 13.8. The van der Waals surface area contributed by atoms with E-state index in [1.807, 2.05) is 30.5 Å². The molecule has 0 atom stereocenters. The number of aryl methyl sites for hydroxylation is 1. The molecule has 5 nitrogen and oxygen atoms in total. The van der Waals surface area contributed by atoms with Gasteiger partial charge in [-0.1, -0.05) is 13.8 Å². The molecule has 0 fully saturated rings. The van der Waals surface area contributed by atoms with Crippen molar-refractivity contribution in [3.63, 3.8) is 0 Å². The van der Waals surface area contributed by atoms with Gasteiger partial charge in [0.15, 0.2) is 0 Å². The molecule has 0 radical (unpaired) electrons. The molecule has 19 heavy (non-hydrogen) atoms. The summed E-state index contributed by atoms with van der Waals surface area (Å²) in [5, 5.41) is 7.73. The lowest BCUT2D eigenvalue weighted by molar-refractivity contribution is 0.539. The maximum Gasteiger partial charge on any atom is 0.0951 e. The van der Waals surface area contributed by atoms with Crippen LogP contribution in [0, 0.1) is 12.8 Å². The molecule has 0 aliphatic heterocycles. The quantitative estimate of drug-likeness (QED) is 0.861. The first-order chi connectivity index (χ1) is 9.08. The summed E-state index contributed by atoms with van der Waals surface area (Å²) in [6, 6.07) is 0. The van der Waals surface area contributed by atoms with E-state index in [0.29, 0.717) is 5.92 Å². The van der Waals surface area contributed by atoms with E-state index in [9.17, 15) is 0 Å². The van der Waals surface area contributed by atoms with Crippen LogP contribution in [0.1, 0.15) is 30.8 Å². The Bertz CT molecular complexity index is 524. The van der Waals surface area contributed by atoms with E-state index in [-0.39, 0.29) is 0 Å². The summed E-state index contributed by atoms with van der Waals surface area (Å²) < 4.78 is 4.08. The van der Waals surface area contributed by atoms with Gasteiger partial charge in [-0.15, -0.1) is 0 Å². The lowest BCUT2D eigenvalue weighted by Crippen LogP contribution is -2.21. The van der Waals surface area contributed by atoms with Gasteiger partial charge in [0.25, 0.3) is 0 Å². The zero-order chi connectivity index (χ0) is 13.8. The van der Waals surface area contributed by atoms with Crippen molar-refractivity contribution in [1.29, 1.82) is 0 Å². The predicted octanol–water partition coefficient (Wildman–Crippen LogP) is 1.72. The average Bonchev–Trinajstić information content (AvgIpc) is 2.91. The monoisotopic (exact) mass is 261 g/mol. The van der Waals surface area contributed by atoms with Crippen LogP contribution < -0.4 is 5.32 Å². The second-order valence-electron chi connectivity index (χ2n) is 5.42. The van der Waals surface area contributed by atoms with Gasteiger partial charge < -0.3 is 9.88 Å². The zero-order valence-corrected chi connectivity index (χ0v) is 12.2. The average molecular weight is 261 g/mol. The van der Waals surface area contributed by atoms with E-state index in [1.54, 1.807) is 0 Å². The van der Waals surface area contributed by atoms with Gasteiger partial charge in [0, 0.05) is 31.0 Å². The lowest BCUT2D eigenvalue weighted by atomic mass is 10.2. The van der Waals surface area contributed by atoms with Crippen molar-refractivity contribution < 1.29 is 0 Å². The lowest BCUT2D eigenvalue weighted by Gasteiger charge is -2.10. The van der Waals surface area contributed by atoms with Crippen LogP contribution in [0.25, 0.3) is 0 Å². The number of aromatic nitrogens is 4. The van der Waals surface area contributed by atoms with Gasteiger partial charge in [-0.3, -0.25) is 4.68 Å². The van der Waals surface area contributed by atoms with E-state index in [4.69, 9.17) is 0 Å². The van der Waals surface area contributed by atoms with Gasteiger partial charge in [-0.2, -0.15) is 5.10 Å². The van der Waals surface area contributed by atoms with E-state index in [2.05, 4.69) is 40.7 Å². The van der Waals surface area contributed by atoms with Crippen LogP contribution >= 0.6 is 0 Å². The zero-order valence-electron chi connectivity index (χ0n) is 12.2. The van der Waals surface area contributed by atoms with Gasteiger partial charge in [-0.25, -0.2) is 4.98 Å². The molecule has 104 valence electrons. The molecule has 2 rings (SSSR count). The fourth-order valence-corrected chi connectivity index (χ4v) is 2.01. The van der Waals surface area contributed by atoms with Crippen LogP contribution in [-0.4, -0.2) is 25.9 Å². The van der Waals surface area contributed by atoms with Crippen LogP contribution in [0.4, 0.5) is 0 Å². The summed E-state index contributed by atoms with van der Waals surface area (Å²) in [6.07, 6.45) is 5.75. The Labute approximate surface area is 114 Å². The fourth-order valence-electron chi connectivity index (χ4n) is 2.01. The molecule has 2 aromatic rings. The maximum absolute atomic E-state index is 4.28. The molecule has 0 saturated heterocycles. The minimum Gasteiger partial charge on any atom is -0.329 e. The number of imidazole rings is 1. The van der Waals surface area contributed by atoms with Gasteiger partial charge in [0.05, 0.1) is 24.8 Å². The molecular formula is C14H23N5. The molecule has 1 N–H and O–H groups in total. The third-order valence-electron chi connectivity index (χ3n) is 3.33. The molecular weight excluding hydrogens is 238 g/mol. The molecule has 0 aliphatic rings. The van der Waals surface area contributed by atoms with Crippen molar-refractivity contribution in [3.8, 4) is 0 Å². The van der Waals surface area contributed by atoms with Crippen LogP contribution in [0.2, 0.25) is 0 Å². The van der Waals surface area contributed by atoms with Crippen molar-refractivity contribution >= 4 is 0 Å². The minimum atomic E-state index is 0.664. The number of nitrogens with one attached hydrogen (secondary N) is 1. The van der Waals surface area contributed by atoms with Gasteiger partial charge in [0.2, 0.25) is 0 Å². The largest absolute Gasteiger partial charge is 0.329 e. The Morgan fingerprint density at radius 3 is 2.74 bits per heavy atom. The molecule has 0 aliphatic carbocycles. The van der Waals surface area contributed by atoms with Gasteiger partial charge in [0.1, 0.15) is 0 Å². The molecule has 5 heteroatoms. The number of hydrogen-bond donors (Lipinski definition) is 1. The Morgan fingerprint density at radius 2 is 2.11 bits per heavy atom. The van der Waals surface area contributed by atoms with Crippen molar-refractivity contribution in [2.24, 2.45) is 13.0 Å². The van der Waals surface area contributed by atoms with Crippen molar-refractivity contribution in [2.45, 2.75) is 33.9 Å². The smallest absolute Gasteiger partial charge is 0.0951 e. The van der Waals surface area contributed by atoms with E-state index in [0.717, 1.165) is 19.6 Å². The predicted molar refractivity (Wildman–Crippen MR) is 75.8 cm³/mol. The molecule has 0 aromatic carbocycles. The highest BCUT2D eigenvalue weighted by molar-refractivity contribution is 5.17. The van der Waals surface area contributed by atoms with E-state index >= 15 is 0 Å². The second-order valence-corrected chi connectivity index (χ2v) is 5.42. The molecule has 0 spiro atoms. The summed E-state index contributed by atoms with van der Waals surface area (Å²) in [5.74, 6) is 0.664. The number of nitrogens with zero attached hydrogens (tertiary/aromatic N) is 4. The number of hydrogen-bond acceptors (Lipinski definition) is 3. The molecule has 0 unspecified atom stereocenters. The fraction of sp³-hybridized carbons (Fsp3) is 0.571. The molecule has 2 heterocycles.